The minimum absolute atomic E-state index is 0.161. The molecule has 0 saturated heterocycles. The third kappa shape index (κ3) is 4.45. The van der Waals surface area contributed by atoms with E-state index < -0.39 is 0 Å². The summed E-state index contributed by atoms with van der Waals surface area (Å²) < 4.78 is 13.0. The second-order valence-corrected chi connectivity index (χ2v) is 7.53. The lowest BCUT2D eigenvalue weighted by molar-refractivity contribution is -0.123. The topological polar surface area (TPSA) is 86.4 Å². The number of nitrogens with one attached hydrogen (secondary N) is 1. The maximum Gasteiger partial charge on any atom is 0.339 e. The Hall–Kier alpha value is -2.80. The quantitative estimate of drug-likeness (QED) is 0.473. The van der Waals surface area contributed by atoms with Crippen LogP contribution in [0.5, 0.6) is 5.75 Å². The van der Waals surface area contributed by atoms with Crippen LogP contribution < -0.4 is 15.7 Å². The van der Waals surface area contributed by atoms with E-state index in [1.807, 2.05) is 10.8 Å². The minimum Gasteiger partial charge on any atom is -0.482 e. The summed E-state index contributed by atoms with van der Waals surface area (Å²) in [5, 5.41) is 4.05. The van der Waals surface area contributed by atoms with E-state index in [0.29, 0.717) is 22.9 Å². The molecular weight excluding hydrogens is 394 g/mol. The number of amides is 1. The molecule has 1 aliphatic rings. The molecule has 0 aliphatic heterocycles. The van der Waals surface area contributed by atoms with Gasteiger partial charge in [-0.3, -0.25) is 4.79 Å². The van der Waals surface area contributed by atoms with E-state index in [-0.39, 0.29) is 18.1 Å². The summed E-state index contributed by atoms with van der Waals surface area (Å²) in [6, 6.07) is 3.36. The monoisotopic (exact) mass is 415 g/mol. The molecule has 0 unspecified atom stereocenters. The largest absolute Gasteiger partial charge is 0.482 e. The Morgan fingerprint density at radius 3 is 2.90 bits per heavy atom. The second-order valence-electron chi connectivity index (χ2n) is 7.13. The third-order valence-corrected chi connectivity index (χ3v) is 5.40. The fraction of sp³-hybridized carbons (Fsp3) is 0.381. The normalized spacial score (nSPS) is 13.3. The van der Waals surface area contributed by atoms with Crippen molar-refractivity contribution in [1.82, 2.24) is 14.9 Å². The zero-order chi connectivity index (χ0) is 20.2. The molecule has 0 spiro atoms. The van der Waals surface area contributed by atoms with Crippen LogP contribution in [0, 0.1) is 0 Å². The Balaban J connectivity index is 1.38. The van der Waals surface area contributed by atoms with Gasteiger partial charge in [-0.2, -0.15) is 0 Å². The molecule has 0 radical (unpaired) electrons. The van der Waals surface area contributed by atoms with Crippen LogP contribution in [0.2, 0.25) is 5.02 Å². The Kier molecular flexibility index (Phi) is 5.85. The van der Waals surface area contributed by atoms with Gasteiger partial charge in [0, 0.05) is 42.5 Å². The lowest BCUT2D eigenvalue weighted by Crippen LogP contribution is -2.30. The van der Waals surface area contributed by atoms with Gasteiger partial charge in [0.25, 0.3) is 5.91 Å². The summed E-state index contributed by atoms with van der Waals surface area (Å²) in [5.74, 6) is 0.0883. The molecular formula is C21H22ClN3O4. The number of carbonyl (C=O) groups excluding carboxylic acids is 1. The Bertz CT molecular complexity index is 1080. The number of rotatable bonds is 7. The number of hydrogen-bond donors (Lipinski definition) is 1. The van der Waals surface area contributed by atoms with Crippen molar-refractivity contribution in [3.05, 3.63) is 57.4 Å². The SMILES string of the molecule is O=C(COc1cc2oc(=O)c3c(c2cc1Cl)CCCC3)NCCCn1ccnc1. The van der Waals surface area contributed by atoms with Gasteiger partial charge in [0.05, 0.1) is 11.3 Å². The van der Waals surface area contributed by atoms with Crippen LogP contribution in [0.4, 0.5) is 0 Å². The maximum atomic E-state index is 12.3. The second kappa shape index (κ2) is 8.69. The van der Waals surface area contributed by atoms with Gasteiger partial charge in [-0.25, -0.2) is 9.78 Å². The first-order chi connectivity index (χ1) is 14.1. The van der Waals surface area contributed by atoms with Crippen molar-refractivity contribution in [2.24, 2.45) is 0 Å². The van der Waals surface area contributed by atoms with E-state index >= 15 is 0 Å². The number of nitrogens with zero attached hydrogens (tertiary/aromatic N) is 2. The van der Waals surface area contributed by atoms with Crippen LogP contribution in [-0.2, 0) is 24.2 Å². The lowest BCUT2D eigenvalue weighted by atomic mass is 9.91. The molecule has 2 heterocycles. The molecule has 3 aromatic rings. The van der Waals surface area contributed by atoms with Crippen molar-refractivity contribution >= 4 is 28.5 Å². The highest BCUT2D eigenvalue weighted by molar-refractivity contribution is 6.32. The Labute approximate surface area is 172 Å². The van der Waals surface area contributed by atoms with Crippen LogP contribution in [0.25, 0.3) is 11.0 Å². The van der Waals surface area contributed by atoms with E-state index in [0.717, 1.165) is 55.2 Å². The smallest absolute Gasteiger partial charge is 0.339 e. The molecule has 1 N–H and O–H groups in total. The van der Waals surface area contributed by atoms with Gasteiger partial charge in [0.2, 0.25) is 0 Å². The summed E-state index contributed by atoms with van der Waals surface area (Å²) in [6.45, 7) is 1.15. The highest BCUT2D eigenvalue weighted by Crippen LogP contribution is 2.34. The van der Waals surface area contributed by atoms with Crippen molar-refractivity contribution in [1.29, 1.82) is 0 Å². The fourth-order valence-corrected chi connectivity index (χ4v) is 3.88. The van der Waals surface area contributed by atoms with Gasteiger partial charge in [-0.1, -0.05) is 11.6 Å². The summed E-state index contributed by atoms with van der Waals surface area (Å²) in [6.07, 6.45) is 9.75. The van der Waals surface area contributed by atoms with Crippen molar-refractivity contribution in [3.63, 3.8) is 0 Å². The average molecular weight is 416 g/mol. The number of hydrogen-bond acceptors (Lipinski definition) is 5. The number of carbonyl (C=O) groups is 1. The highest BCUT2D eigenvalue weighted by Gasteiger charge is 2.19. The predicted molar refractivity (Wildman–Crippen MR) is 109 cm³/mol. The molecule has 7 nitrogen and oxygen atoms in total. The molecule has 0 saturated carbocycles. The van der Waals surface area contributed by atoms with Crippen molar-refractivity contribution in [2.45, 2.75) is 38.6 Å². The van der Waals surface area contributed by atoms with Crippen LogP contribution in [-0.4, -0.2) is 28.6 Å². The summed E-state index contributed by atoms with van der Waals surface area (Å²) in [4.78, 5) is 28.3. The van der Waals surface area contributed by atoms with Crippen molar-refractivity contribution in [3.8, 4) is 5.75 Å². The molecule has 152 valence electrons. The van der Waals surface area contributed by atoms with Gasteiger partial charge in [0.15, 0.2) is 6.61 Å². The number of ether oxygens (including phenoxy) is 1. The fourth-order valence-electron chi connectivity index (χ4n) is 3.66. The summed E-state index contributed by atoms with van der Waals surface area (Å²) >= 11 is 6.37. The number of benzene rings is 1. The molecule has 1 aromatic carbocycles. The minimum atomic E-state index is -0.295. The highest BCUT2D eigenvalue weighted by atomic mass is 35.5. The predicted octanol–water partition coefficient (Wildman–Crippen LogP) is 3.11. The first-order valence-corrected chi connectivity index (χ1v) is 10.1. The van der Waals surface area contributed by atoms with E-state index in [1.165, 1.54) is 0 Å². The van der Waals surface area contributed by atoms with Gasteiger partial charge < -0.3 is 19.0 Å². The molecule has 1 amide bonds. The number of aromatic nitrogens is 2. The number of aryl methyl sites for hydroxylation is 2. The van der Waals surface area contributed by atoms with Crippen molar-refractivity contribution < 1.29 is 13.9 Å². The van der Waals surface area contributed by atoms with E-state index in [9.17, 15) is 9.59 Å². The Morgan fingerprint density at radius 2 is 2.10 bits per heavy atom. The van der Waals surface area contributed by atoms with E-state index in [2.05, 4.69) is 10.3 Å². The maximum absolute atomic E-state index is 12.3. The molecule has 29 heavy (non-hydrogen) atoms. The van der Waals surface area contributed by atoms with Crippen molar-refractivity contribution in [2.75, 3.05) is 13.2 Å². The first-order valence-electron chi connectivity index (χ1n) is 9.75. The van der Waals surface area contributed by atoms with E-state index in [1.54, 1.807) is 24.7 Å². The average Bonchev–Trinajstić information content (AvgIpc) is 3.24. The number of imidazole rings is 1. The molecule has 1 aliphatic carbocycles. The van der Waals surface area contributed by atoms with Gasteiger partial charge in [-0.15, -0.1) is 0 Å². The number of halogens is 1. The standard InChI is InChI=1S/C21H22ClN3O4/c22-17-10-16-14-4-1-2-5-15(14)21(27)29-18(16)11-19(17)28-12-20(26)24-6-3-8-25-9-7-23-13-25/h7,9-11,13H,1-6,8,12H2,(H,24,26). The molecule has 0 fully saturated rings. The summed E-state index contributed by atoms with van der Waals surface area (Å²) in [5.41, 5.74) is 1.92. The Morgan fingerprint density at radius 1 is 1.28 bits per heavy atom. The van der Waals surface area contributed by atoms with Gasteiger partial charge >= 0.3 is 5.63 Å². The van der Waals surface area contributed by atoms with Crippen LogP contribution >= 0.6 is 11.6 Å². The third-order valence-electron chi connectivity index (χ3n) is 5.11. The lowest BCUT2D eigenvalue weighted by Gasteiger charge is -2.17. The van der Waals surface area contributed by atoms with Gasteiger partial charge in [-0.05, 0) is 43.7 Å². The molecule has 2 aromatic heterocycles. The zero-order valence-corrected chi connectivity index (χ0v) is 16.7. The molecule has 0 atom stereocenters. The summed E-state index contributed by atoms with van der Waals surface area (Å²) in [7, 11) is 0. The zero-order valence-electron chi connectivity index (χ0n) is 15.9. The van der Waals surface area contributed by atoms with Crippen LogP contribution in [0.1, 0.15) is 30.4 Å². The molecule has 4 rings (SSSR count). The van der Waals surface area contributed by atoms with Gasteiger partial charge in [0.1, 0.15) is 11.3 Å². The molecule has 0 bridgehead atoms. The first kappa shape index (κ1) is 19.5. The number of fused-ring (bicyclic) bond motifs is 3. The van der Waals surface area contributed by atoms with Crippen LogP contribution in [0.15, 0.2) is 40.1 Å². The van der Waals surface area contributed by atoms with Crippen LogP contribution in [0.3, 0.4) is 0 Å². The van der Waals surface area contributed by atoms with E-state index in [4.69, 9.17) is 20.8 Å². The molecule has 8 heteroatoms.